The molecule has 1 aliphatic heterocycles. The maximum atomic E-state index is 14.0. The molecule has 0 spiro atoms. The van der Waals surface area contributed by atoms with Gasteiger partial charge >= 0.3 is 39.9 Å². The number of aliphatic carboxylic acids is 3. The molecule has 3 amide bonds. The molecule has 1 radical (unpaired) electrons. The SMILES string of the molecule is O=C([O-])C(CCC(=O)N(CCO)C(CO)(CCO)CCO)N1CCN(C(CCC(=O)N(CCO)C(CO)(CO)CO)C(=O)[O-])Cc2cccc(n2)CN(C(CCC(=O)N(CCO)C(CO)(CO)CO)C(=O)[O-])CC1.[Gd+3]. The van der Waals surface area contributed by atoms with E-state index in [1.165, 1.54) is 32.9 Å². The summed E-state index contributed by atoms with van der Waals surface area (Å²) in [5, 5.41) is 159. The molecule has 29 heteroatoms. The third-order valence-corrected chi connectivity index (χ3v) is 13.8. The number of aromatic nitrogens is 1. The molecule has 0 aliphatic carbocycles. The van der Waals surface area contributed by atoms with Gasteiger partial charge in [-0.3, -0.25) is 34.1 Å². The number of carbonyl (C=O) groups is 6. The Kier molecular flexibility index (Phi) is 32.8. The van der Waals surface area contributed by atoms with E-state index in [0.717, 1.165) is 14.7 Å². The van der Waals surface area contributed by atoms with E-state index >= 15 is 0 Å². The van der Waals surface area contributed by atoms with Crippen molar-refractivity contribution < 1.29 is 145 Å². The number of pyridine rings is 1. The first-order chi connectivity index (χ1) is 35.3. The third kappa shape index (κ3) is 19.2. The van der Waals surface area contributed by atoms with Crippen LogP contribution in [0.1, 0.15) is 62.8 Å². The minimum Gasteiger partial charge on any atom is -0.548 e. The zero-order chi connectivity index (χ0) is 55.6. The number of aliphatic hydroxyl groups is 12. The van der Waals surface area contributed by atoms with Gasteiger partial charge in [0.15, 0.2) is 0 Å². The predicted octanol–water partition coefficient (Wildman–Crippen LogP) is -10.9. The van der Waals surface area contributed by atoms with Crippen LogP contribution in [-0.4, -0.2) is 291 Å². The van der Waals surface area contributed by atoms with Crippen molar-refractivity contribution in [3.05, 3.63) is 29.6 Å². The second-order valence-corrected chi connectivity index (χ2v) is 18.3. The van der Waals surface area contributed by atoms with Crippen LogP contribution >= 0.6 is 0 Å². The van der Waals surface area contributed by atoms with E-state index in [4.69, 9.17) is 0 Å². The maximum Gasteiger partial charge on any atom is 3.00 e. The Morgan fingerprint density at radius 1 is 0.467 bits per heavy atom. The van der Waals surface area contributed by atoms with Crippen molar-refractivity contribution in [1.82, 2.24) is 34.4 Å². The first kappa shape index (κ1) is 69.7. The molecule has 0 saturated carbocycles. The number of amides is 3. The first-order valence-electron chi connectivity index (χ1n) is 24.3. The van der Waals surface area contributed by atoms with Crippen LogP contribution in [0.2, 0.25) is 0 Å². The topological polar surface area (TPSA) is 447 Å². The summed E-state index contributed by atoms with van der Waals surface area (Å²) in [7, 11) is 0. The van der Waals surface area contributed by atoms with Crippen molar-refractivity contribution >= 4 is 35.6 Å². The summed E-state index contributed by atoms with van der Waals surface area (Å²) >= 11 is 0. The molecule has 1 aromatic heterocycles. The van der Waals surface area contributed by atoms with Crippen molar-refractivity contribution in [2.24, 2.45) is 0 Å². The van der Waals surface area contributed by atoms with E-state index in [-0.39, 0.29) is 103 Å². The largest absolute Gasteiger partial charge is 3.00 e. The number of carbonyl (C=O) groups excluding carboxylic acids is 6. The zero-order valence-electron chi connectivity index (χ0n) is 42.0. The van der Waals surface area contributed by atoms with Crippen LogP contribution in [0.25, 0.3) is 0 Å². The summed E-state index contributed by atoms with van der Waals surface area (Å²) < 4.78 is 0. The standard InChI is InChI=1S/C46H79N7O21.Gd/c54-19-10-44(26-59,11-20-55)51(16-21-56)38(66)7-4-35(41(69)70)48-12-14-49(36(42(71)72)5-8-39(67)52(17-22-57)45(27-60,28-61)29-62)24-33-2-1-3-34(47-33)25-50(15-13-48)37(43(73)74)6-9-40(68)53(18-23-58)46(30-63,31-64)32-65;/h1-3,35-37,54-65H,4-32H2,(H,69,70)(H,71,72)(H,73,74);/q;+3/p-3. The third-order valence-electron chi connectivity index (χ3n) is 13.8. The molecule has 75 heavy (non-hydrogen) atoms. The van der Waals surface area contributed by atoms with Gasteiger partial charge in [0.05, 0.1) is 113 Å². The number of nitrogens with zero attached hydrogens (tertiary/aromatic N) is 7. The summed E-state index contributed by atoms with van der Waals surface area (Å²) in [5.74, 6) is -7.71. The van der Waals surface area contributed by atoms with Crippen LogP contribution in [0, 0.1) is 39.9 Å². The van der Waals surface area contributed by atoms with Gasteiger partial charge in [0.25, 0.3) is 0 Å². The van der Waals surface area contributed by atoms with E-state index < -0.39 is 208 Å². The molecule has 28 nitrogen and oxygen atoms in total. The van der Waals surface area contributed by atoms with Gasteiger partial charge in [-0.25, -0.2) is 0 Å². The van der Waals surface area contributed by atoms with Crippen molar-refractivity contribution in [1.29, 1.82) is 0 Å². The quantitative estimate of drug-likeness (QED) is 0.0300. The Labute approximate surface area is 466 Å². The number of carboxylic acid groups (broad SMARTS) is 3. The molecule has 1 aliphatic rings. The summed E-state index contributed by atoms with van der Waals surface area (Å²) in [5.41, 5.74) is -5.07. The molecule has 1 aromatic rings. The van der Waals surface area contributed by atoms with Crippen molar-refractivity contribution in [3.63, 3.8) is 0 Å². The molecular formula is C46H76GdN7O21. The smallest absolute Gasteiger partial charge is 0.548 e. The average Bonchev–Trinajstić information content (AvgIpc) is 3.38. The van der Waals surface area contributed by atoms with Gasteiger partial charge in [-0.1, -0.05) is 6.07 Å². The Morgan fingerprint density at radius 2 is 0.747 bits per heavy atom. The molecule has 0 saturated heterocycles. The van der Waals surface area contributed by atoms with E-state index in [1.54, 1.807) is 0 Å². The van der Waals surface area contributed by atoms with E-state index in [2.05, 4.69) is 4.98 Å². The summed E-state index contributed by atoms with van der Waals surface area (Å²) in [6.07, 6.45) is -3.87. The van der Waals surface area contributed by atoms with Crippen LogP contribution in [0.15, 0.2) is 18.2 Å². The van der Waals surface area contributed by atoms with Crippen LogP contribution in [0.3, 0.4) is 0 Å². The van der Waals surface area contributed by atoms with E-state index in [9.17, 15) is 105 Å². The Morgan fingerprint density at radius 3 is 1.01 bits per heavy atom. The number of aliphatic hydroxyl groups excluding tert-OH is 12. The number of hydrogen-bond donors (Lipinski definition) is 12. The Hall–Kier alpha value is -3.31. The van der Waals surface area contributed by atoms with Crippen molar-refractivity contribution in [3.8, 4) is 0 Å². The number of carboxylic acids is 3. The van der Waals surface area contributed by atoms with Crippen LogP contribution in [0.5, 0.6) is 0 Å². The van der Waals surface area contributed by atoms with Gasteiger partial charge in [0.2, 0.25) is 17.7 Å². The maximum absolute atomic E-state index is 14.0. The van der Waals surface area contributed by atoms with Gasteiger partial charge in [-0.05, 0) is 44.2 Å². The molecular weight excluding hydrogens is 1140 g/mol. The summed E-state index contributed by atoms with van der Waals surface area (Å²) in [6.45, 7) is -12.9. The Balaban J connectivity index is 0.0000281. The second kappa shape index (κ2) is 35.3. The number of rotatable bonds is 35. The fourth-order valence-electron chi connectivity index (χ4n) is 9.33. The molecule has 3 atom stereocenters. The number of β-amino-alcohol motifs (C(OH)–C–C–N with tert-alkyl or cyclic N) is 3. The summed E-state index contributed by atoms with van der Waals surface area (Å²) in [4.78, 5) is 91.7. The van der Waals surface area contributed by atoms with Gasteiger partial charge in [0, 0.05) is 97.4 Å². The minimum absolute atomic E-state index is 0. The minimum atomic E-state index is -1.94. The van der Waals surface area contributed by atoms with Crippen molar-refractivity contribution in [2.75, 3.05) is 125 Å². The molecule has 429 valence electrons. The molecule has 3 unspecified atom stereocenters. The molecule has 0 aromatic carbocycles. The van der Waals surface area contributed by atoms with Crippen molar-refractivity contribution in [2.45, 2.75) is 99.2 Å². The van der Waals surface area contributed by atoms with E-state index in [1.807, 2.05) is 0 Å². The van der Waals surface area contributed by atoms with Gasteiger partial charge in [-0.2, -0.15) is 0 Å². The number of fused-ring (bicyclic) bond motifs is 2. The number of hydrogen-bond acceptors (Lipinski definition) is 25. The van der Waals surface area contributed by atoms with Gasteiger partial charge < -0.3 is 106 Å². The fraction of sp³-hybridized carbons (Fsp3) is 0.761. The molecule has 2 bridgehead atoms. The first-order valence-corrected chi connectivity index (χ1v) is 24.3. The molecule has 0 fully saturated rings. The van der Waals surface area contributed by atoms with E-state index in [0.29, 0.717) is 0 Å². The van der Waals surface area contributed by atoms with Gasteiger partial charge in [-0.15, -0.1) is 0 Å². The molecule has 2 heterocycles. The van der Waals surface area contributed by atoms with Crippen LogP contribution < -0.4 is 15.3 Å². The Bertz CT molecular complexity index is 1790. The molecule has 12 N–H and O–H groups in total. The zero-order valence-corrected chi connectivity index (χ0v) is 44.3. The normalized spacial score (nSPS) is 15.6. The average molecular weight is 1220 g/mol. The van der Waals surface area contributed by atoms with Crippen LogP contribution in [-0.2, 0) is 41.9 Å². The van der Waals surface area contributed by atoms with Crippen LogP contribution in [0.4, 0.5) is 0 Å². The summed E-state index contributed by atoms with van der Waals surface area (Å²) in [6, 6.07) is -0.505. The monoisotopic (exact) mass is 1220 g/mol. The predicted molar refractivity (Wildman–Crippen MR) is 248 cm³/mol. The van der Waals surface area contributed by atoms with Gasteiger partial charge in [0.1, 0.15) is 11.1 Å². The molecule has 2 rings (SSSR count). The second-order valence-electron chi connectivity index (χ2n) is 18.3. The fourth-order valence-corrected chi connectivity index (χ4v) is 9.33.